The van der Waals surface area contributed by atoms with E-state index in [-0.39, 0.29) is 0 Å². The first-order valence-corrected chi connectivity index (χ1v) is 6.01. The summed E-state index contributed by atoms with van der Waals surface area (Å²) in [6.45, 7) is 8.03. The summed E-state index contributed by atoms with van der Waals surface area (Å²) >= 11 is 0. The average Bonchev–Trinajstić information content (AvgIpc) is 2.64. The van der Waals surface area contributed by atoms with Crippen LogP contribution in [0, 0.1) is 32.1 Å². The van der Waals surface area contributed by atoms with Crippen LogP contribution in [-0.4, -0.2) is 14.8 Å². The molecule has 2 aromatic heterocycles. The number of hydrogen-bond acceptors (Lipinski definition) is 3. The second-order valence-electron chi connectivity index (χ2n) is 4.35. The standard InChI is InChI=1S/C14H16N4/c1-5-12-10(3)17-18(11(12)4)14-13(8-15)9(2)6-7-16-14/h6-7H,5H2,1-4H3. The Balaban J connectivity index is 2.71. The topological polar surface area (TPSA) is 54.5 Å². The quantitative estimate of drug-likeness (QED) is 0.810. The Morgan fingerprint density at radius 1 is 1.33 bits per heavy atom. The third kappa shape index (κ3) is 1.78. The molecule has 2 aromatic rings. The van der Waals surface area contributed by atoms with Crippen molar-refractivity contribution in [1.82, 2.24) is 14.8 Å². The smallest absolute Gasteiger partial charge is 0.171 e. The first-order valence-electron chi connectivity index (χ1n) is 6.01. The highest BCUT2D eigenvalue weighted by Gasteiger charge is 2.15. The lowest BCUT2D eigenvalue weighted by molar-refractivity contribution is 0.800. The predicted octanol–water partition coefficient (Wildman–Crippen LogP) is 2.63. The lowest BCUT2D eigenvalue weighted by atomic mass is 10.1. The molecule has 0 atom stereocenters. The van der Waals surface area contributed by atoms with Gasteiger partial charge in [-0.05, 0) is 44.4 Å². The molecule has 0 fully saturated rings. The summed E-state index contributed by atoms with van der Waals surface area (Å²) in [6, 6.07) is 4.05. The van der Waals surface area contributed by atoms with Crippen molar-refractivity contribution in [2.45, 2.75) is 34.1 Å². The number of pyridine rings is 1. The van der Waals surface area contributed by atoms with Crippen molar-refractivity contribution in [2.75, 3.05) is 0 Å². The number of nitriles is 1. The number of rotatable bonds is 2. The summed E-state index contributed by atoms with van der Waals surface area (Å²) in [7, 11) is 0. The molecule has 4 heteroatoms. The predicted molar refractivity (Wildman–Crippen MR) is 69.7 cm³/mol. The summed E-state index contributed by atoms with van der Waals surface area (Å²) in [4.78, 5) is 4.31. The molecular weight excluding hydrogens is 224 g/mol. The zero-order valence-electron chi connectivity index (χ0n) is 11.2. The SMILES string of the molecule is CCc1c(C)nn(-c2nccc(C)c2C#N)c1C. The van der Waals surface area contributed by atoms with Crippen molar-refractivity contribution < 1.29 is 0 Å². The van der Waals surface area contributed by atoms with Crippen LogP contribution in [0.25, 0.3) is 5.82 Å². The fraction of sp³-hybridized carbons (Fsp3) is 0.357. The Bertz CT molecular complexity index is 632. The normalized spacial score (nSPS) is 10.4. The van der Waals surface area contributed by atoms with Crippen molar-refractivity contribution in [2.24, 2.45) is 0 Å². The van der Waals surface area contributed by atoms with E-state index in [2.05, 4.69) is 23.1 Å². The van der Waals surface area contributed by atoms with Gasteiger partial charge in [0.2, 0.25) is 0 Å². The molecule has 0 unspecified atom stereocenters. The van der Waals surface area contributed by atoms with Crippen LogP contribution in [-0.2, 0) is 6.42 Å². The van der Waals surface area contributed by atoms with E-state index >= 15 is 0 Å². The van der Waals surface area contributed by atoms with Gasteiger partial charge in [0.1, 0.15) is 6.07 Å². The summed E-state index contributed by atoms with van der Waals surface area (Å²) in [5.74, 6) is 0.623. The zero-order chi connectivity index (χ0) is 13.3. The average molecular weight is 240 g/mol. The van der Waals surface area contributed by atoms with E-state index in [0.717, 1.165) is 23.4 Å². The minimum atomic E-state index is 0.589. The van der Waals surface area contributed by atoms with Gasteiger partial charge < -0.3 is 0 Å². The molecule has 0 saturated heterocycles. The van der Waals surface area contributed by atoms with Gasteiger partial charge in [-0.15, -0.1) is 0 Å². The molecule has 0 aromatic carbocycles. The van der Waals surface area contributed by atoms with Gasteiger partial charge in [0, 0.05) is 11.9 Å². The maximum absolute atomic E-state index is 9.25. The summed E-state index contributed by atoms with van der Waals surface area (Å²) < 4.78 is 1.78. The van der Waals surface area contributed by atoms with Gasteiger partial charge in [0.05, 0.1) is 11.3 Å². The third-order valence-corrected chi connectivity index (χ3v) is 3.25. The molecule has 0 aliphatic heterocycles. The van der Waals surface area contributed by atoms with Crippen molar-refractivity contribution in [1.29, 1.82) is 5.26 Å². The fourth-order valence-corrected chi connectivity index (χ4v) is 2.24. The summed E-state index contributed by atoms with van der Waals surface area (Å²) in [5.41, 5.74) is 4.80. The van der Waals surface area contributed by atoms with Gasteiger partial charge in [-0.3, -0.25) is 0 Å². The van der Waals surface area contributed by atoms with E-state index in [1.807, 2.05) is 26.8 Å². The Hall–Kier alpha value is -2.15. The molecule has 0 amide bonds. The Kier molecular flexibility index (Phi) is 3.15. The van der Waals surface area contributed by atoms with E-state index in [0.29, 0.717) is 11.4 Å². The third-order valence-electron chi connectivity index (χ3n) is 3.25. The molecule has 0 bridgehead atoms. The number of nitrogens with zero attached hydrogens (tertiary/aromatic N) is 4. The Morgan fingerprint density at radius 2 is 2.06 bits per heavy atom. The lowest BCUT2D eigenvalue weighted by Gasteiger charge is -2.07. The second-order valence-corrected chi connectivity index (χ2v) is 4.35. The molecule has 0 spiro atoms. The van der Waals surface area contributed by atoms with Gasteiger partial charge in [-0.2, -0.15) is 10.4 Å². The Morgan fingerprint density at radius 3 is 2.61 bits per heavy atom. The van der Waals surface area contributed by atoms with Crippen LogP contribution in [0.4, 0.5) is 0 Å². The largest absolute Gasteiger partial charge is 0.236 e. The van der Waals surface area contributed by atoms with Crippen molar-refractivity contribution in [3.63, 3.8) is 0 Å². The molecule has 0 radical (unpaired) electrons. The van der Waals surface area contributed by atoms with Gasteiger partial charge in [-0.1, -0.05) is 6.92 Å². The molecule has 2 heterocycles. The van der Waals surface area contributed by atoms with Crippen LogP contribution < -0.4 is 0 Å². The van der Waals surface area contributed by atoms with Crippen LogP contribution in [0.1, 0.15) is 35.0 Å². The van der Waals surface area contributed by atoms with E-state index in [1.54, 1.807) is 10.9 Å². The summed E-state index contributed by atoms with van der Waals surface area (Å²) in [5, 5.41) is 13.8. The van der Waals surface area contributed by atoms with Crippen LogP contribution in [0.15, 0.2) is 12.3 Å². The van der Waals surface area contributed by atoms with Gasteiger partial charge >= 0.3 is 0 Å². The number of aryl methyl sites for hydroxylation is 2. The molecular formula is C14H16N4. The minimum absolute atomic E-state index is 0.589. The van der Waals surface area contributed by atoms with Crippen LogP contribution in [0.3, 0.4) is 0 Å². The van der Waals surface area contributed by atoms with Crippen molar-refractivity contribution in [3.8, 4) is 11.9 Å². The number of aromatic nitrogens is 3. The lowest BCUT2D eigenvalue weighted by Crippen LogP contribution is -2.06. The highest BCUT2D eigenvalue weighted by Crippen LogP contribution is 2.20. The Labute approximate surface area is 107 Å². The summed E-state index contributed by atoms with van der Waals surface area (Å²) in [6.07, 6.45) is 2.65. The van der Waals surface area contributed by atoms with E-state index in [1.165, 1.54) is 5.56 Å². The van der Waals surface area contributed by atoms with Gasteiger partial charge in [0.15, 0.2) is 5.82 Å². The first-order chi connectivity index (χ1) is 8.60. The fourth-order valence-electron chi connectivity index (χ4n) is 2.24. The maximum atomic E-state index is 9.25. The number of hydrogen-bond donors (Lipinski definition) is 0. The van der Waals surface area contributed by atoms with Crippen molar-refractivity contribution >= 4 is 0 Å². The maximum Gasteiger partial charge on any atom is 0.171 e. The zero-order valence-corrected chi connectivity index (χ0v) is 11.2. The van der Waals surface area contributed by atoms with E-state index in [9.17, 15) is 5.26 Å². The molecule has 0 aliphatic carbocycles. The highest BCUT2D eigenvalue weighted by molar-refractivity contribution is 5.49. The van der Waals surface area contributed by atoms with Crippen LogP contribution in [0.5, 0.6) is 0 Å². The highest BCUT2D eigenvalue weighted by atomic mass is 15.3. The molecule has 18 heavy (non-hydrogen) atoms. The first kappa shape index (κ1) is 12.3. The molecule has 92 valence electrons. The minimum Gasteiger partial charge on any atom is -0.236 e. The van der Waals surface area contributed by atoms with Gasteiger partial charge in [0.25, 0.3) is 0 Å². The van der Waals surface area contributed by atoms with Gasteiger partial charge in [-0.25, -0.2) is 9.67 Å². The molecule has 4 nitrogen and oxygen atoms in total. The van der Waals surface area contributed by atoms with Crippen LogP contribution in [0.2, 0.25) is 0 Å². The van der Waals surface area contributed by atoms with Crippen molar-refractivity contribution in [3.05, 3.63) is 40.3 Å². The molecule has 0 N–H and O–H groups in total. The van der Waals surface area contributed by atoms with E-state index < -0.39 is 0 Å². The molecule has 0 saturated carbocycles. The monoisotopic (exact) mass is 240 g/mol. The molecule has 2 rings (SSSR count). The van der Waals surface area contributed by atoms with Crippen LogP contribution >= 0.6 is 0 Å². The molecule has 0 aliphatic rings. The second kappa shape index (κ2) is 4.61. The van der Waals surface area contributed by atoms with E-state index in [4.69, 9.17) is 0 Å².